The molecule has 3 aromatic heterocycles. The summed E-state index contributed by atoms with van der Waals surface area (Å²) in [4.78, 5) is 48.8. The zero-order chi connectivity index (χ0) is 25.6. The highest BCUT2D eigenvalue weighted by Gasteiger charge is 2.22. The summed E-state index contributed by atoms with van der Waals surface area (Å²) >= 11 is 0. The van der Waals surface area contributed by atoms with Crippen molar-refractivity contribution in [1.29, 1.82) is 0 Å². The topological polar surface area (TPSA) is 113 Å². The summed E-state index contributed by atoms with van der Waals surface area (Å²) in [6.45, 7) is 7.44. The third kappa shape index (κ3) is 3.80. The van der Waals surface area contributed by atoms with Gasteiger partial charge in [-0.05, 0) is 63.6 Å². The molecule has 36 heavy (non-hydrogen) atoms. The van der Waals surface area contributed by atoms with E-state index >= 15 is 0 Å². The van der Waals surface area contributed by atoms with Gasteiger partial charge in [0.05, 0.1) is 12.0 Å². The van der Waals surface area contributed by atoms with Gasteiger partial charge in [-0.1, -0.05) is 6.07 Å². The molecule has 1 aromatic carbocycles. The minimum Gasteiger partial charge on any atom is -0.462 e. The summed E-state index contributed by atoms with van der Waals surface area (Å²) in [6.07, 6.45) is 1.63. The van der Waals surface area contributed by atoms with E-state index in [0.717, 1.165) is 5.56 Å². The van der Waals surface area contributed by atoms with E-state index in [0.29, 0.717) is 22.8 Å². The largest absolute Gasteiger partial charge is 0.462 e. The van der Waals surface area contributed by atoms with Crippen LogP contribution >= 0.6 is 0 Å². The van der Waals surface area contributed by atoms with Gasteiger partial charge in [-0.25, -0.2) is 9.78 Å². The van der Waals surface area contributed by atoms with Gasteiger partial charge >= 0.3 is 5.97 Å². The highest BCUT2D eigenvalue weighted by molar-refractivity contribution is 5.97. The predicted molar refractivity (Wildman–Crippen MR) is 130 cm³/mol. The second-order valence-electron chi connectivity index (χ2n) is 8.59. The third-order valence-corrected chi connectivity index (χ3v) is 5.89. The molecule has 1 aliphatic heterocycles. The van der Waals surface area contributed by atoms with Crippen LogP contribution in [0.2, 0.25) is 0 Å². The Kier molecular flexibility index (Phi) is 5.79. The number of ether oxygens (including phenoxy) is 3. The lowest BCUT2D eigenvalue weighted by molar-refractivity contribution is 0.0523. The van der Waals surface area contributed by atoms with Crippen LogP contribution < -0.4 is 20.5 Å². The molecule has 184 valence electrons. The fourth-order valence-electron chi connectivity index (χ4n) is 4.20. The van der Waals surface area contributed by atoms with E-state index in [1.807, 2.05) is 26.8 Å². The van der Waals surface area contributed by atoms with E-state index in [9.17, 15) is 14.4 Å². The van der Waals surface area contributed by atoms with E-state index in [2.05, 4.69) is 4.99 Å². The molecule has 4 heterocycles. The van der Waals surface area contributed by atoms with Crippen LogP contribution in [-0.4, -0.2) is 39.2 Å². The number of carbonyl (C=O) groups is 2. The molecule has 0 atom stereocenters. The average molecular weight is 489 g/mol. The second-order valence-corrected chi connectivity index (χ2v) is 8.59. The first-order valence-electron chi connectivity index (χ1n) is 11.5. The highest BCUT2D eigenvalue weighted by Crippen LogP contribution is 2.32. The van der Waals surface area contributed by atoms with Crippen LogP contribution in [0.5, 0.6) is 11.5 Å². The summed E-state index contributed by atoms with van der Waals surface area (Å²) in [5.41, 5.74) is 1.56. The lowest BCUT2D eigenvalue weighted by Crippen LogP contribution is -2.33. The Morgan fingerprint density at radius 2 is 1.92 bits per heavy atom. The number of fused-ring (bicyclic) bond motifs is 3. The molecule has 10 heteroatoms. The molecule has 0 bridgehead atoms. The number of pyridine rings is 2. The maximum Gasteiger partial charge on any atom is 0.341 e. The van der Waals surface area contributed by atoms with Crippen molar-refractivity contribution < 1.29 is 23.8 Å². The second kappa shape index (κ2) is 8.95. The van der Waals surface area contributed by atoms with Crippen LogP contribution in [-0.2, 0) is 4.74 Å². The fourth-order valence-corrected chi connectivity index (χ4v) is 4.20. The molecule has 0 unspecified atom stereocenters. The number of hydrogen-bond acceptors (Lipinski definition) is 7. The predicted octanol–water partition coefficient (Wildman–Crippen LogP) is 3.19. The van der Waals surface area contributed by atoms with E-state index in [1.165, 1.54) is 10.5 Å². The molecular formula is C26H24N4O6. The normalized spacial score (nSPS) is 13.1. The molecule has 0 spiro atoms. The van der Waals surface area contributed by atoms with Gasteiger partial charge in [-0.3, -0.25) is 14.0 Å². The Bertz CT molecular complexity index is 1680. The summed E-state index contributed by atoms with van der Waals surface area (Å²) in [6, 6.07) is 9.46. The van der Waals surface area contributed by atoms with Gasteiger partial charge in [0.25, 0.3) is 11.5 Å². The average Bonchev–Trinajstić information content (AvgIpc) is 3.32. The molecule has 4 aromatic rings. The number of benzene rings is 1. The minimum absolute atomic E-state index is 0.00125. The van der Waals surface area contributed by atoms with Gasteiger partial charge in [-0.2, -0.15) is 4.99 Å². The van der Waals surface area contributed by atoms with Gasteiger partial charge in [0.1, 0.15) is 16.9 Å². The first-order valence-corrected chi connectivity index (χ1v) is 11.5. The Labute approximate surface area is 205 Å². The Balaban J connectivity index is 1.86. The molecule has 0 N–H and O–H groups in total. The fraction of sp³-hybridized carbons (Fsp3) is 0.269. The summed E-state index contributed by atoms with van der Waals surface area (Å²) in [5.74, 6) is -0.316. The van der Waals surface area contributed by atoms with Gasteiger partial charge < -0.3 is 18.8 Å². The molecule has 0 saturated heterocycles. The summed E-state index contributed by atoms with van der Waals surface area (Å²) in [7, 11) is 0. The van der Waals surface area contributed by atoms with Crippen molar-refractivity contribution in [2.45, 2.75) is 33.7 Å². The van der Waals surface area contributed by atoms with Crippen LogP contribution in [0.25, 0.3) is 16.7 Å². The van der Waals surface area contributed by atoms with E-state index in [1.54, 1.807) is 42.0 Å². The van der Waals surface area contributed by atoms with Crippen LogP contribution in [0.15, 0.2) is 52.4 Å². The number of esters is 1. The Morgan fingerprint density at radius 3 is 2.67 bits per heavy atom. The first-order chi connectivity index (χ1) is 17.3. The van der Waals surface area contributed by atoms with Crippen LogP contribution in [0.1, 0.15) is 53.1 Å². The summed E-state index contributed by atoms with van der Waals surface area (Å²) < 4.78 is 19.0. The van der Waals surface area contributed by atoms with Gasteiger partial charge in [0.2, 0.25) is 6.79 Å². The standard InChI is InChI=1S/C26H24N4O6/c1-5-34-26(33)18-12-17-22(27-21-15(4)7-6-10-29(21)25(17)32)30(14(2)3)23(18)28-24(31)16-8-9-19-20(11-16)36-13-35-19/h6-12,14H,5,13H2,1-4H3. The van der Waals surface area contributed by atoms with Gasteiger partial charge in [0, 0.05) is 17.8 Å². The molecule has 0 fully saturated rings. The molecule has 0 aliphatic carbocycles. The lowest BCUT2D eigenvalue weighted by Gasteiger charge is -2.18. The smallest absolute Gasteiger partial charge is 0.341 e. The van der Waals surface area contributed by atoms with Crippen molar-refractivity contribution in [2.24, 2.45) is 4.99 Å². The van der Waals surface area contributed by atoms with Crippen molar-refractivity contribution in [3.8, 4) is 11.5 Å². The SMILES string of the molecule is CCOC(=O)c1cc2c(=O)n3cccc(C)c3nc2n(C(C)C)c1=NC(=O)c1ccc2c(c1)OCO2. The van der Waals surface area contributed by atoms with Gasteiger partial charge in [-0.15, -0.1) is 0 Å². The molecule has 0 radical (unpaired) electrons. The molecular weight excluding hydrogens is 464 g/mol. The highest BCUT2D eigenvalue weighted by atomic mass is 16.7. The summed E-state index contributed by atoms with van der Waals surface area (Å²) in [5, 5.41) is 0.212. The van der Waals surface area contributed by atoms with Gasteiger partial charge in [0.15, 0.2) is 17.0 Å². The monoisotopic (exact) mass is 488 g/mol. The van der Waals surface area contributed by atoms with Crippen LogP contribution in [0.3, 0.4) is 0 Å². The molecule has 1 aliphatic rings. The van der Waals surface area contributed by atoms with Crippen molar-refractivity contribution in [3.63, 3.8) is 0 Å². The van der Waals surface area contributed by atoms with Crippen LogP contribution in [0.4, 0.5) is 0 Å². The first kappa shape index (κ1) is 23.3. The molecule has 1 amide bonds. The quantitative estimate of drug-likeness (QED) is 0.320. The van der Waals surface area contributed by atoms with E-state index in [-0.39, 0.29) is 47.0 Å². The zero-order valence-corrected chi connectivity index (χ0v) is 20.3. The van der Waals surface area contributed by atoms with Crippen molar-refractivity contribution in [1.82, 2.24) is 14.0 Å². The molecule has 10 nitrogen and oxygen atoms in total. The minimum atomic E-state index is -0.695. The van der Waals surface area contributed by atoms with E-state index < -0.39 is 11.9 Å². The number of rotatable bonds is 4. The molecule has 0 saturated carbocycles. The number of aryl methyl sites for hydroxylation is 1. The zero-order valence-electron chi connectivity index (χ0n) is 20.3. The van der Waals surface area contributed by atoms with E-state index in [4.69, 9.17) is 19.2 Å². The molecule has 5 rings (SSSR count). The van der Waals surface area contributed by atoms with Crippen molar-refractivity contribution in [2.75, 3.05) is 13.4 Å². The third-order valence-electron chi connectivity index (χ3n) is 5.89. The number of nitrogens with zero attached hydrogens (tertiary/aromatic N) is 4. The number of amides is 1. The van der Waals surface area contributed by atoms with Crippen molar-refractivity contribution in [3.05, 3.63) is 75.1 Å². The van der Waals surface area contributed by atoms with Crippen molar-refractivity contribution >= 4 is 28.6 Å². The Morgan fingerprint density at radius 1 is 1.14 bits per heavy atom. The lowest BCUT2D eigenvalue weighted by atomic mass is 10.1. The number of aromatic nitrogens is 3. The number of carbonyl (C=O) groups excluding carboxylic acids is 2. The Hall–Kier alpha value is -4.47. The number of hydrogen-bond donors (Lipinski definition) is 0. The van der Waals surface area contributed by atoms with Crippen LogP contribution in [0, 0.1) is 6.92 Å². The maximum absolute atomic E-state index is 13.4. The maximum atomic E-state index is 13.4.